The molecule has 0 atom stereocenters. The largest absolute Gasteiger partial charge is 0.405 e. The van der Waals surface area contributed by atoms with E-state index in [1.165, 1.54) is 0 Å². The Kier molecular flexibility index (Phi) is 5.44. The van der Waals surface area contributed by atoms with Crippen LogP contribution in [-0.4, -0.2) is 38.7 Å². The zero-order chi connectivity index (χ0) is 17.1. The summed E-state index contributed by atoms with van der Waals surface area (Å²) in [5.41, 5.74) is 2.01. The SMILES string of the molecule is CCc1c(NCC(F)(F)F)cccc1NC1CCS(=O)(=O)CC1. The van der Waals surface area contributed by atoms with E-state index in [-0.39, 0.29) is 17.5 Å². The van der Waals surface area contributed by atoms with Crippen LogP contribution in [0, 0.1) is 0 Å². The van der Waals surface area contributed by atoms with Gasteiger partial charge in [-0.05, 0) is 37.0 Å². The van der Waals surface area contributed by atoms with E-state index in [1.54, 1.807) is 12.1 Å². The average Bonchev–Trinajstić information content (AvgIpc) is 2.46. The molecule has 1 aliphatic rings. The summed E-state index contributed by atoms with van der Waals surface area (Å²) in [6.07, 6.45) is -2.65. The number of hydrogen-bond donors (Lipinski definition) is 2. The molecule has 1 saturated heterocycles. The topological polar surface area (TPSA) is 58.2 Å². The van der Waals surface area contributed by atoms with Crippen molar-refractivity contribution in [3.63, 3.8) is 0 Å². The molecule has 0 amide bonds. The summed E-state index contributed by atoms with van der Waals surface area (Å²) in [6, 6.07) is 5.17. The van der Waals surface area contributed by atoms with Gasteiger partial charge < -0.3 is 10.6 Å². The van der Waals surface area contributed by atoms with Gasteiger partial charge in [-0.2, -0.15) is 13.2 Å². The van der Waals surface area contributed by atoms with Gasteiger partial charge in [0.1, 0.15) is 16.4 Å². The van der Waals surface area contributed by atoms with Gasteiger partial charge in [0.25, 0.3) is 0 Å². The minimum atomic E-state index is -4.27. The van der Waals surface area contributed by atoms with E-state index in [0.717, 1.165) is 11.3 Å². The van der Waals surface area contributed by atoms with Crippen molar-refractivity contribution in [1.29, 1.82) is 0 Å². The van der Waals surface area contributed by atoms with Crippen LogP contribution in [0.4, 0.5) is 24.5 Å². The smallest absolute Gasteiger partial charge is 0.382 e. The highest BCUT2D eigenvalue weighted by Crippen LogP contribution is 2.28. The molecule has 0 saturated carbocycles. The lowest BCUT2D eigenvalue weighted by Gasteiger charge is -2.26. The zero-order valence-electron chi connectivity index (χ0n) is 12.9. The van der Waals surface area contributed by atoms with E-state index >= 15 is 0 Å². The van der Waals surface area contributed by atoms with Crippen molar-refractivity contribution in [3.05, 3.63) is 23.8 Å². The van der Waals surface area contributed by atoms with Crippen molar-refractivity contribution in [3.8, 4) is 0 Å². The van der Waals surface area contributed by atoms with E-state index in [1.807, 2.05) is 13.0 Å². The predicted molar refractivity (Wildman–Crippen MR) is 85.7 cm³/mol. The number of sulfone groups is 1. The molecular weight excluding hydrogens is 329 g/mol. The highest BCUT2D eigenvalue weighted by molar-refractivity contribution is 7.91. The first kappa shape index (κ1) is 17.9. The Labute approximate surface area is 134 Å². The summed E-state index contributed by atoms with van der Waals surface area (Å²) in [5, 5.41) is 5.72. The molecule has 1 aliphatic heterocycles. The van der Waals surface area contributed by atoms with Crippen LogP contribution in [-0.2, 0) is 16.3 Å². The Bertz CT molecular complexity index is 631. The monoisotopic (exact) mass is 350 g/mol. The molecule has 0 spiro atoms. The number of hydrogen-bond acceptors (Lipinski definition) is 4. The fraction of sp³-hybridized carbons (Fsp3) is 0.600. The molecule has 1 aromatic carbocycles. The van der Waals surface area contributed by atoms with Gasteiger partial charge in [-0.15, -0.1) is 0 Å². The van der Waals surface area contributed by atoms with Crippen LogP contribution in [0.25, 0.3) is 0 Å². The van der Waals surface area contributed by atoms with E-state index in [4.69, 9.17) is 0 Å². The molecule has 4 nitrogen and oxygen atoms in total. The number of benzene rings is 1. The van der Waals surface area contributed by atoms with Gasteiger partial charge in [0.05, 0.1) is 11.5 Å². The first-order valence-corrected chi connectivity index (χ1v) is 9.42. The Morgan fingerprint density at radius 2 is 1.78 bits per heavy atom. The van der Waals surface area contributed by atoms with Crippen LogP contribution < -0.4 is 10.6 Å². The van der Waals surface area contributed by atoms with Crippen molar-refractivity contribution in [2.24, 2.45) is 0 Å². The maximum absolute atomic E-state index is 12.4. The third-order valence-electron chi connectivity index (χ3n) is 3.92. The first-order chi connectivity index (χ1) is 10.7. The summed E-state index contributed by atoms with van der Waals surface area (Å²) in [6.45, 7) is 0.801. The maximum Gasteiger partial charge on any atom is 0.405 e. The van der Waals surface area contributed by atoms with Crippen molar-refractivity contribution in [2.45, 2.75) is 38.4 Å². The molecule has 8 heteroatoms. The summed E-state index contributed by atoms with van der Waals surface area (Å²) in [7, 11) is -2.93. The van der Waals surface area contributed by atoms with Crippen molar-refractivity contribution >= 4 is 21.2 Å². The highest BCUT2D eigenvalue weighted by atomic mass is 32.2. The molecule has 23 heavy (non-hydrogen) atoms. The standard InChI is InChI=1S/C15H21F3N2O2S/c1-2-12-13(19-10-15(16,17)18)4-3-5-14(12)20-11-6-8-23(21,22)9-7-11/h3-5,11,19-20H,2,6-10H2,1H3. The maximum atomic E-state index is 12.4. The fourth-order valence-corrected chi connectivity index (χ4v) is 4.21. The quantitative estimate of drug-likeness (QED) is 0.856. The van der Waals surface area contributed by atoms with Crippen LogP contribution in [0.2, 0.25) is 0 Å². The van der Waals surface area contributed by atoms with Crippen LogP contribution in [0.1, 0.15) is 25.3 Å². The summed E-state index contributed by atoms with van der Waals surface area (Å²) in [5.74, 6) is 0.302. The Hall–Kier alpha value is -1.44. The Morgan fingerprint density at radius 1 is 1.17 bits per heavy atom. The first-order valence-electron chi connectivity index (χ1n) is 7.59. The number of nitrogens with one attached hydrogen (secondary N) is 2. The highest BCUT2D eigenvalue weighted by Gasteiger charge is 2.27. The molecule has 0 unspecified atom stereocenters. The molecular formula is C15H21F3N2O2S. The van der Waals surface area contributed by atoms with Gasteiger partial charge in [-0.25, -0.2) is 8.42 Å². The lowest BCUT2D eigenvalue weighted by atomic mass is 10.1. The van der Waals surface area contributed by atoms with Gasteiger partial charge in [-0.3, -0.25) is 0 Å². The van der Waals surface area contributed by atoms with Gasteiger partial charge in [0.2, 0.25) is 0 Å². The van der Waals surface area contributed by atoms with Crippen molar-refractivity contribution < 1.29 is 21.6 Å². The van der Waals surface area contributed by atoms with Crippen molar-refractivity contribution in [1.82, 2.24) is 0 Å². The van der Waals surface area contributed by atoms with E-state index in [0.29, 0.717) is 24.9 Å². The average molecular weight is 350 g/mol. The number of anilines is 2. The molecule has 0 aliphatic carbocycles. The zero-order valence-corrected chi connectivity index (χ0v) is 13.7. The van der Waals surface area contributed by atoms with Crippen molar-refractivity contribution in [2.75, 3.05) is 28.7 Å². The summed E-state index contributed by atoms with van der Waals surface area (Å²) >= 11 is 0. The molecule has 130 valence electrons. The normalized spacial score (nSPS) is 18.6. The Balaban J connectivity index is 2.10. The molecule has 0 bridgehead atoms. The minimum Gasteiger partial charge on any atom is -0.382 e. The van der Waals surface area contributed by atoms with Crippen LogP contribution in [0.15, 0.2) is 18.2 Å². The Morgan fingerprint density at radius 3 is 2.35 bits per heavy atom. The third kappa shape index (κ3) is 5.30. The minimum absolute atomic E-state index is 0.0293. The number of rotatable bonds is 5. The van der Waals surface area contributed by atoms with E-state index in [2.05, 4.69) is 10.6 Å². The molecule has 0 aromatic heterocycles. The second-order valence-electron chi connectivity index (χ2n) is 5.72. The lowest BCUT2D eigenvalue weighted by molar-refractivity contribution is -0.115. The summed E-state index contributed by atoms with van der Waals surface area (Å²) < 4.78 is 60.1. The van der Waals surface area contributed by atoms with Gasteiger partial charge in [0.15, 0.2) is 0 Å². The van der Waals surface area contributed by atoms with Crippen LogP contribution >= 0.6 is 0 Å². The number of alkyl halides is 3. The van der Waals surface area contributed by atoms with Gasteiger partial charge in [-0.1, -0.05) is 13.0 Å². The van der Waals surface area contributed by atoms with Crippen LogP contribution in [0.5, 0.6) is 0 Å². The lowest BCUT2D eigenvalue weighted by Crippen LogP contribution is -2.32. The second-order valence-corrected chi connectivity index (χ2v) is 8.03. The van der Waals surface area contributed by atoms with Crippen LogP contribution in [0.3, 0.4) is 0 Å². The molecule has 1 heterocycles. The summed E-state index contributed by atoms with van der Waals surface area (Å²) in [4.78, 5) is 0. The molecule has 2 N–H and O–H groups in total. The molecule has 0 radical (unpaired) electrons. The molecule has 2 rings (SSSR count). The van der Waals surface area contributed by atoms with E-state index < -0.39 is 22.6 Å². The van der Waals surface area contributed by atoms with Gasteiger partial charge >= 0.3 is 6.18 Å². The van der Waals surface area contributed by atoms with E-state index in [9.17, 15) is 21.6 Å². The second kappa shape index (κ2) is 6.98. The molecule has 1 aromatic rings. The fourth-order valence-electron chi connectivity index (χ4n) is 2.72. The molecule has 1 fully saturated rings. The third-order valence-corrected chi connectivity index (χ3v) is 5.64. The number of halogens is 3. The van der Waals surface area contributed by atoms with Gasteiger partial charge in [0, 0.05) is 17.4 Å². The predicted octanol–water partition coefficient (Wildman–Crippen LogP) is 3.21.